The molecule has 2 aromatic rings. The number of hydrogen-bond donors (Lipinski definition) is 2. The maximum absolute atomic E-state index is 12.4. The quantitative estimate of drug-likeness (QED) is 0.592. The molecule has 0 fully saturated rings. The minimum atomic E-state index is -0.748. The second-order valence-corrected chi connectivity index (χ2v) is 6.94. The maximum atomic E-state index is 12.4. The molecule has 0 heterocycles. The van der Waals surface area contributed by atoms with Gasteiger partial charge in [-0.25, -0.2) is 0 Å². The highest BCUT2D eigenvalue weighted by Gasteiger charge is 2.17. The highest BCUT2D eigenvalue weighted by Crippen LogP contribution is 2.28. The molecule has 27 heavy (non-hydrogen) atoms. The molecule has 1 atom stereocenters. The molecule has 2 amide bonds. The molecular weight excluding hydrogens is 436 g/mol. The summed E-state index contributed by atoms with van der Waals surface area (Å²) in [7, 11) is 1.56. The standard InChI is InChI=1S/C19H20BrClN2O4/c1-12(27-17-7-6-14(21)11-16(17)20)18(24)23-15-5-3-4-13(10-15)19(25)22-8-9-26-2/h3-7,10-12H,8-9H2,1-2H3,(H,22,25)(H,23,24). The Hall–Kier alpha value is -2.09. The Morgan fingerprint density at radius 2 is 2.00 bits per heavy atom. The number of carbonyl (C=O) groups excluding carboxylic acids is 2. The number of nitrogens with one attached hydrogen (secondary N) is 2. The molecule has 0 aliphatic heterocycles. The normalized spacial score (nSPS) is 11.6. The van der Waals surface area contributed by atoms with Crippen LogP contribution < -0.4 is 15.4 Å². The predicted octanol–water partition coefficient (Wildman–Crippen LogP) is 3.88. The number of ether oxygens (including phenoxy) is 2. The Morgan fingerprint density at radius 3 is 2.70 bits per heavy atom. The van der Waals surface area contributed by atoms with Gasteiger partial charge >= 0.3 is 0 Å². The highest BCUT2D eigenvalue weighted by atomic mass is 79.9. The summed E-state index contributed by atoms with van der Waals surface area (Å²) in [6, 6.07) is 11.7. The molecule has 0 spiro atoms. The van der Waals surface area contributed by atoms with Gasteiger partial charge < -0.3 is 20.1 Å². The third kappa shape index (κ3) is 6.53. The van der Waals surface area contributed by atoms with Gasteiger partial charge in [0, 0.05) is 29.9 Å². The fraction of sp³-hybridized carbons (Fsp3) is 0.263. The highest BCUT2D eigenvalue weighted by molar-refractivity contribution is 9.10. The Morgan fingerprint density at radius 1 is 1.22 bits per heavy atom. The molecule has 0 aliphatic rings. The summed E-state index contributed by atoms with van der Waals surface area (Å²) in [4.78, 5) is 24.5. The van der Waals surface area contributed by atoms with Crippen molar-refractivity contribution in [2.24, 2.45) is 0 Å². The minimum absolute atomic E-state index is 0.238. The smallest absolute Gasteiger partial charge is 0.265 e. The molecule has 0 saturated carbocycles. The van der Waals surface area contributed by atoms with Crippen molar-refractivity contribution in [3.8, 4) is 5.75 Å². The van der Waals surface area contributed by atoms with E-state index in [0.717, 1.165) is 0 Å². The van der Waals surface area contributed by atoms with Crippen LogP contribution in [0, 0.1) is 0 Å². The fourth-order valence-corrected chi connectivity index (χ4v) is 2.94. The second kappa shape index (κ2) is 10.3. The van der Waals surface area contributed by atoms with Crippen LogP contribution in [0.2, 0.25) is 5.02 Å². The van der Waals surface area contributed by atoms with Crippen LogP contribution >= 0.6 is 27.5 Å². The first-order valence-electron chi connectivity index (χ1n) is 8.20. The van der Waals surface area contributed by atoms with Crippen molar-refractivity contribution in [1.82, 2.24) is 5.32 Å². The molecule has 6 nitrogen and oxygen atoms in total. The maximum Gasteiger partial charge on any atom is 0.265 e. The third-order valence-corrected chi connectivity index (χ3v) is 4.41. The predicted molar refractivity (Wildman–Crippen MR) is 109 cm³/mol. The fourth-order valence-electron chi connectivity index (χ4n) is 2.17. The molecule has 8 heteroatoms. The molecule has 0 radical (unpaired) electrons. The van der Waals surface area contributed by atoms with Crippen molar-refractivity contribution < 1.29 is 19.1 Å². The molecule has 144 valence electrons. The first kappa shape index (κ1) is 21.2. The summed E-state index contributed by atoms with van der Waals surface area (Å²) < 4.78 is 11.2. The molecule has 0 bridgehead atoms. The van der Waals surface area contributed by atoms with E-state index in [1.165, 1.54) is 0 Å². The van der Waals surface area contributed by atoms with Gasteiger partial charge in [-0.3, -0.25) is 9.59 Å². The van der Waals surface area contributed by atoms with Gasteiger partial charge in [-0.1, -0.05) is 17.7 Å². The van der Waals surface area contributed by atoms with Crippen LogP contribution in [0.25, 0.3) is 0 Å². The molecular formula is C19H20BrClN2O4. The largest absolute Gasteiger partial charge is 0.480 e. The van der Waals surface area contributed by atoms with Crippen molar-refractivity contribution in [3.63, 3.8) is 0 Å². The molecule has 2 N–H and O–H groups in total. The average Bonchev–Trinajstić information content (AvgIpc) is 2.64. The summed E-state index contributed by atoms with van der Waals surface area (Å²) in [6.07, 6.45) is -0.748. The van der Waals surface area contributed by atoms with Crippen LogP contribution in [0.4, 0.5) is 5.69 Å². The van der Waals surface area contributed by atoms with Crippen LogP contribution in [0.5, 0.6) is 5.75 Å². The van der Waals surface area contributed by atoms with E-state index < -0.39 is 6.10 Å². The molecule has 2 aromatic carbocycles. The zero-order valence-electron chi connectivity index (χ0n) is 14.9. The summed E-state index contributed by atoms with van der Waals surface area (Å²) in [6.45, 7) is 2.47. The lowest BCUT2D eigenvalue weighted by Crippen LogP contribution is -2.30. The van der Waals surface area contributed by atoms with Crippen LogP contribution in [-0.2, 0) is 9.53 Å². The Kier molecular flexibility index (Phi) is 8.09. The summed E-state index contributed by atoms with van der Waals surface area (Å²) in [5.74, 6) is -0.0698. The lowest BCUT2D eigenvalue weighted by atomic mass is 10.2. The molecule has 1 unspecified atom stereocenters. The molecule has 0 aromatic heterocycles. The SMILES string of the molecule is COCCNC(=O)c1cccc(NC(=O)C(C)Oc2ccc(Cl)cc2Br)c1. The van der Waals surface area contributed by atoms with Crippen LogP contribution in [0.15, 0.2) is 46.9 Å². The Bertz CT molecular complexity index is 816. The van der Waals surface area contributed by atoms with Gasteiger partial charge in [0.15, 0.2) is 6.10 Å². The lowest BCUT2D eigenvalue weighted by molar-refractivity contribution is -0.122. The monoisotopic (exact) mass is 454 g/mol. The van der Waals surface area contributed by atoms with E-state index >= 15 is 0 Å². The molecule has 0 aliphatic carbocycles. The van der Waals surface area contributed by atoms with E-state index in [-0.39, 0.29) is 11.8 Å². The van der Waals surface area contributed by atoms with Gasteiger partial charge in [0.2, 0.25) is 0 Å². The van der Waals surface area contributed by atoms with Gasteiger partial charge in [0.05, 0.1) is 11.1 Å². The van der Waals surface area contributed by atoms with Gasteiger partial charge in [0.1, 0.15) is 5.75 Å². The van der Waals surface area contributed by atoms with E-state index in [0.29, 0.717) is 39.6 Å². The number of anilines is 1. The van der Waals surface area contributed by atoms with Crippen molar-refractivity contribution in [1.29, 1.82) is 0 Å². The van der Waals surface area contributed by atoms with Crippen LogP contribution in [-0.4, -0.2) is 38.2 Å². The van der Waals surface area contributed by atoms with E-state index in [1.54, 1.807) is 56.5 Å². The van der Waals surface area contributed by atoms with Crippen molar-refractivity contribution >= 4 is 45.0 Å². The summed E-state index contributed by atoms with van der Waals surface area (Å²) >= 11 is 9.25. The first-order valence-corrected chi connectivity index (χ1v) is 9.37. The summed E-state index contributed by atoms with van der Waals surface area (Å²) in [5, 5.41) is 6.04. The number of halogens is 2. The molecule has 2 rings (SSSR count). The van der Waals surface area contributed by atoms with Gasteiger partial charge in [-0.15, -0.1) is 0 Å². The summed E-state index contributed by atoms with van der Waals surface area (Å²) in [5.41, 5.74) is 0.947. The van der Waals surface area contributed by atoms with Crippen molar-refractivity contribution in [2.75, 3.05) is 25.6 Å². The number of benzene rings is 2. The minimum Gasteiger partial charge on any atom is -0.480 e. The van der Waals surface area contributed by atoms with Gasteiger partial charge in [-0.05, 0) is 59.3 Å². The zero-order chi connectivity index (χ0) is 19.8. The molecule has 0 saturated heterocycles. The lowest BCUT2D eigenvalue weighted by Gasteiger charge is -2.16. The number of methoxy groups -OCH3 is 1. The number of amides is 2. The number of hydrogen-bond acceptors (Lipinski definition) is 4. The third-order valence-electron chi connectivity index (χ3n) is 3.55. The van der Waals surface area contributed by atoms with E-state index in [4.69, 9.17) is 21.1 Å². The van der Waals surface area contributed by atoms with Gasteiger partial charge in [-0.2, -0.15) is 0 Å². The van der Waals surface area contributed by atoms with E-state index in [9.17, 15) is 9.59 Å². The van der Waals surface area contributed by atoms with E-state index in [2.05, 4.69) is 26.6 Å². The topological polar surface area (TPSA) is 76.7 Å². The number of carbonyl (C=O) groups is 2. The number of rotatable bonds is 8. The first-order chi connectivity index (χ1) is 12.9. The second-order valence-electron chi connectivity index (χ2n) is 5.65. The van der Waals surface area contributed by atoms with Gasteiger partial charge in [0.25, 0.3) is 11.8 Å². The van der Waals surface area contributed by atoms with Crippen LogP contribution in [0.1, 0.15) is 17.3 Å². The van der Waals surface area contributed by atoms with Crippen LogP contribution in [0.3, 0.4) is 0 Å². The van der Waals surface area contributed by atoms with Crippen molar-refractivity contribution in [3.05, 3.63) is 57.5 Å². The van der Waals surface area contributed by atoms with E-state index in [1.807, 2.05) is 0 Å². The average molecular weight is 456 g/mol. The Labute approximate surface area is 171 Å². The zero-order valence-corrected chi connectivity index (χ0v) is 17.3. The Balaban J connectivity index is 1.98. The van der Waals surface area contributed by atoms with Crippen molar-refractivity contribution in [2.45, 2.75) is 13.0 Å².